The maximum atomic E-state index is 11.3. The molecule has 0 bridgehead atoms. The number of ether oxygens (including phenoxy) is 1. The number of phenols is 1. The lowest BCUT2D eigenvalue weighted by Gasteiger charge is -2.23. The molecule has 1 aliphatic heterocycles. The number of aryl methyl sites for hydroxylation is 3. The van der Waals surface area contributed by atoms with E-state index in [0.29, 0.717) is 17.4 Å². The summed E-state index contributed by atoms with van der Waals surface area (Å²) in [7, 11) is 0. The molecule has 3 aromatic carbocycles. The molecular formula is C36H42N2O3. The molecule has 214 valence electrons. The van der Waals surface area contributed by atoms with Crippen molar-refractivity contribution in [2.24, 2.45) is 0 Å². The molecule has 41 heavy (non-hydrogen) atoms. The minimum absolute atomic E-state index is 0.179. The second-order valence-corrected chi connectivity index (χ2v) is 11.2. The third-order valence-corrected chi connectivity index (χ3v) is 7.96. The predicted molar refractivity (Wildman–Crippen MR) is 169 cm³/mol. The van der Waals surface area contributed by atoms with Crippen molar-refractivity contribution < 1.29 is 14.3 Å². The fraction of sp³-hybridized carbons (Fsp3) is 0.361. The smallest absolute Gasteiger partial charge is 0.230 e. The van der Waals surface area contributed by atoms with Gasteiger partial charge in [0.1, 0.15) is 17.3 Å². The highest BCUT2D eigenvalue weighted by Crippen LogP contribution is 2.44. The van der Waals surface area contributed by atoms with Crippen LogP contribution in [0.3, 0.4) is 0 Å². The topological polar surface area (TPSA) is 67.5 Å². The van der Waals surface area contributed by atoms with Crippen LogP contribution < -0.4 is 10.1 Å². The first kappa shape index (κ1) is 28.5. The van der Waals surface area contributed by atoms with Gasteiger partial charge in [-0.15, -0.1) is 0 Å². The van der Waals surface area contributed by atoms with Crippen LogP contribution in [0.4, 0.5) is 5.69 Å². The van der Waals surface area contributed by atoms with Crippen molar-refractivity contribution in [2.45, 2.75) is 85.8 Å². The van der Waals surface area contributed by atoms with Crippen LogP contribution in [0.2, 0.25) is 0 Å². The zero-order chi connectivity index (χ0) is 29.1. The van der Waals surface area contributed by atoms with E-state index in [0.717, 1.165) is 77.2 Å². The Hall–Kier alpha value is -3.99. The van der Waals surface area contributed by atoms with Gasteiger partial charge < -0.3 is 19.6 Å². The largest absolute Gasteiger partial charge is 0.507 e. The third-order valence-electron chi connectivity index (χ3n) is 7.96. The van der Waals surface area contributed by atoms with Gasteiger partial charge in [0, 0.05) is 5.56 Å². The van der Waals surface area contributed by atoms with Crippen LogP contribution in [-0.4, -0.2) is 10.1 Å². The Kier molecular flexibility index (Phi) is 8.53. The fourth-order valence-corrected chi connectivity index (χ4v) is 5.86. The first-order valence-electron chi connectivity index (χ1n) is 15.0. The van der Waals surface area contributed by atoms with Gasteiger partial charge in [-0.1, -0.05) is 57.9 Å². The molecular weight excluding hydrogens is 508 g/mol. The summed E-state index contributed by atoms with van der Waals surface area (Å²) >= 11 is 0. The number of rotatable bonds is 10. The maximum Gasteiger partial charge on any atom is 0.230 e. The zero-order valence-corrected chi connectivity index (χ0v) is 25.2. The highest BCUT2D eigenvalue weighted by Gasteiger charge is 2.26. The first-order chi connectivity index (χ1) is 19.8. The van der Waals surface area contributed by atoms with Gasteiger partial charge in [-0.05, 0) is 110 Å². The Bertz CT molecular complexity index is 1560. The van der Waals surface area contributed by atoms with Gasteiger partial charge in [0.05, 0.1) is 16.9 Å². The van der Waals surface area contributed by atoms with Crippen LogP contribution in [0, 0.1) is 20.8 Å². The van der Waals surface area contributed by atoms with Crippen LogP contribution in [-0.2, 0) is 0 Å². The first-order valence-corrected chi connectivity index (χ1v) is 15.0. The van der Waals surface area contributed by atoms with Crippen molar-refractivity contribution in [3.8, 4) is 34.1 Å². The van der Waals surface area contributed by atoms with Gasteiger partial charge in [-0.2, -0.15) is 0 Å². The summed E-state index contributed by atoms with van der Waals surface area (Å²) in [5.74, 6) is 2.62. The quantitative estimate of drug-likeness (QED) is 0.206. The molecule has 1 unspecified atom stereocenters. The Morgan fingerprint density at radius 2 is 1.71 bits per heavy atom. The summed E-state index contributed by atoms with van der Waals surface area (Å²) < 4.78 is 12.4. The molecule has 2 N–H and O–H groups in total. The standard InChI is InChI=1S/C36H42N2O3/c1-7-10-13-33-24(6)37-36(40-33)30-20-28(25(11-8-2)12-9-3)29(21-32(30)39)27-16-15-26(19-23(27)5)35-38-31-18-22(4)14-17-34(31)41-35/h10,13-21,25,35,38-39H,7-9,11-12H2,1-6H3/b13-10-. The van der Waals surface area contributed by atoms with E-state index in [2.05, 4.69) is 87.4 Å². The van der Waals surface area contributed by atoms with Crippen LogP contribution in [0.1, 0.15) is 98.7 Å². The molecule has 4 aromatic rings. The number of allylic oxidation sites excluding steroid dienone is 1. The molecule has 5 heteroatoms. The van der Waals surface area contributed by atoms with Crippen LogP contribution >= 0.6 is 0 Å². The summed E-state index contributed by atoms with van der Waals surface area (Å²) in [4.78, 5) is 4.69. The molecule has 0 amide bonds. The number of phenolic OH excluding ortho intramolecular Hbond substituents is 1. The normalized spacial score (nSPS) is 14.5. The Morgan fingerprint density at radius 3 is 2.41 bits per heavy atom. The fourth-order valence-electron chi connectivity index (χ4n) is 5.86. The highest BCUT2D eigenvalue weighted by atomic mass is 16.5. The van der Waals surface area contributed by atoms with Crippen molar-refractivity contribution in [3.05, 3.63) is 88.3 Å². The van der Waals surface area contributed by atoms with E-state index in [9.17, 15) is 5.11 Å². The average molecular weight is 551 g/mol. The molecule has 0 saturated heterocycles. The number of fused-ring (bicyclic) bond motifs is 1. The molecule has 1 atom stereocenters. The molecule has 5 rings (SSSR count). The van der Waals surface area contributed by atoms with Crippen molar-refractivity contribution in [2.75, 3.05) is 5.32 Å². The molecule has 0 aliphatic carbocycles. The van der Waals surface area contributed by atoms with E-state index >= 15 is 0 Å². The number of aromatic hydroxyl groups is 1. The molecule has 2 heterocycles. The molecule has 0 spiro atoms. The van der Waals surface area contributed by atoms with E-state index in [4.69, 9.17) is 9.15 Å². The predicted octanol–water partition coefficient (Wildman–Crippen LogP) is 10.2. The summed E-state index contributed by atoms with van der Waals surface area (Å²) in [6.45, 7) is 12.7. The van der Waals surface area contributed by atoms with E-state index < -0.39 is 0 Å². The molecule has 0 saturated carbocycles. The van der Waals surface area contributed by atoms with Crippen molar-refractivity contribution in [3.63, 3.8) is 0 Å². The van der Waals surface area contributed by atoms with Gasteiger partial charge in [-0.25, -0.2) is 4.98 Å². The number of benzene rings is 3. The SMILES string of the molecule is CC/C=C\c1oc(-c2cc(C(CCC)CCC)c(-c3ccc(C4Nc5cc(C)ccc5O4)cc3C)cc2O)nc1C. The Morgan fingerprint density at radius 1 is 0.927 bits per heavy atom. The van der Waals surface area contributed by atoms with Gasteiger partial charge in [0.25, 0.3) is 0 Å². The molecule has 0 radical (unpaired) electrons. The number of hydrogen-bond acceptors (Lipinski definition) is 5. The summed E-state index contributed by atoms with van der Waals surface area (Å²) in [5, 5.41) is 14.9. The van der Waals surface area contributed by atoms with Crippen LogP contribution in [0.15, 0.2) is 59.0 Å². The number of anilines is 1. The van der Waals surface area contributed by atoms with Crippen molar-refractivity contribution in [1.82, 2.24) is 4.98 Å². The minimum Gasteiger partial charge on any atom is -0.507 e. The van der Waals surface area contributed by atoms with Gasteiger partial charge in [-0.3, -0.25) is 0 Å². The second kappa shape index (κ2) is 12.3. The maximum absolute atomic E-state index is 11.3. The molecule has 0 fully saturated rings. The Balaban J connectivity index is 1.56. The van der Waals surface area contributed by atoms with Gasteiger partial charge in [0.15, 0.2) is 6.23 Å². The zero-order valence-electron chi connectivity index (χ0n) is 25.2. The number of aromatic nitrogens is 1. The average Bonchev–Trinajstić information content (AvgIpc) is 3.54. The monoisotopic (exact) mass is 550 g/mol. The highest BCUT2D eigenvalue weighted by molar-refractivity contribution is 5.79. The summed E-state index contributed by atoms with van der Waals surface area (Å²) in [6.07, 6.45) is 9.05. The van der Waals surface area contributed by atoms with Crippen molar-refractivity contribution in [1.29, 1.82) is 0 Å². The lowest BCUT2D eigenvalue weighted by atomic mass is 9.82. The molecule has 1 aliphatic rings. The van der Waals surface area contributed by atoms with Gasteiger partial charge >= 0.3 is 0 Å². The third kappa shape index (κ3) is 5.90. The summed E-state index contributed by atoms with van der Waals surface area (Å²) in [5.41, 5.74) is 9.31. The molecule has 1 aromatic heterocycles. The van der Waals surface area contributed by atoms with E-state index in [1.807, 2.05) is 25.1 Å². The minimum atomic E-state index is -0.230. The number of hydrogen-bond donors (Lipinski definition) is 2. The van der Waals surface area contributed by atoms with Crippen LogP contribution in [0.25, 0.3) is 28.7 Å². The lowest BCUT2D eigenvalue weighted by molar-refractivity contribution is 0.260. The van der Waals surface area contributed by atoms with E-state index in [-0.39, 0.29) is 12.0 Å². The number of nitrogens with one attached hydrogen (secondary N) is 1. The number of nitrogens with zero attached hydrogens (tertiary/aromatic N) is 1. The second-order valence-electron chi connectivity index (χ2n) is 11.2. The van der Waals surface area contributed by atoms with Gasteiger partial charge in [0.2, 0.25) is 5.89 Å². The lowest BCUT2D eigenvalue weighted by Crippen LogP contribution is -2.10. The van der Waals surface area contributed by atoms with E-state index in [1.165, 1.54) is 11.1 Å². The van der Waals surface area contributed by atoms with Crippen molar-refractivity contribution >= 4 is 11.8 Å². The summed E-state index contributed by atoms with van der Waals surface area (Å²) in [6, 6.07) is 16.7. The van der Waals surface area contributed by atoms with E-state index in [1.54, 1.807) is 0 Å². The Labute approximate surface area is 244 Å². The number of oxazole rings is 1. The molecule has 5 nitrogen and oxygen atoms in total. The van der Waals surface area contributed by atoms with Crippen LogP contribution in [0.5, 0.6) is 11.5 Å².